The van der Waals surface area contributed by atoms with Gasteiger partial charge in [0.25, 0.3) is 0 Å². The van der Waals surface area contributed by atoms with E-state index in [0.717, 1.165) is 76.5 Å². The number of amides is 2. The molecule has 8 nitrogen and oxygen atoms in total. The molecule has 2 amide bonds. The molecule has 47 heavy (non-hydrogen) atoms. The van der Waals surface area contributed by atoms with Crippen LogP contribution in [0.3, 0.4) is 0 Å². The molecule has 7 rings (SSSR count). The van der Waals surface area contributed by atoms with Crippen LogP contribution in [0.15, 0.2) is 0 Å². The predicted molar refractivity (Wildman–Crippen MR) is 178 cm³/mol. The van der Waals surface area contributed by atoms with Gasteiger partial charge in [0.1, 0.15) is 11.9 Å². The zero-order valence-corrected chi connectivity index (χ0v) is 29.5. The van der Waals surface area contributed by atoms with E-state index in [4.69, 9.17) is 9.47 Å². The van der Waals surface area contributed by atoms with Crippen LogP contribution in [0.1, 0.15) is 124 Å². The molecule has 0 aromatic carbocycles. The Bertz CT molecular complexity index is 1200. The average Bonchev–Trinajstić information content (AvgIpc) is 3.63. The molecular formula is C39H60N2O6. The minimum Gasteiger partial charge on any atom is -0.381 e. The Balaban J connectivity index is 0.922. The van der Waals surface area contributed by atoms with Crippen molar-refractivity contribution in [1.82, 2.24) is 9.80 Å². The van der Waals surface area contributed by atoms with Crippen molar-refractivity contribution in [2.75, 3.05) is 20.2 Å². The van der Waals surface area contributed by atoms with Gasteiger partial charge in [0.2, 0.25) is 11.8 Å². The lowest BCUT2D eigenvalue weighted by molar-refractivity contribution is -0.153. The molecule has 7 fully saturated rings. The molecule has 0 spiro atoms. The van der Waals surface area contributed by atoms with E-state index in [1.165, 1.54) is 25.7 Å². The van der Waals surface area contributed by atoms with Crippen LogP contribution in [0.4, 0.5) is 0 Å². The molecule has 2 aliphatic heterocycles. The number of Topliss-reactive ketones (excluding diaryl/α,β-unsaturated/α-hetero) is 2. The average molecular weight is 653 g/mol. The van der Waals surface area contributed by atoms with Crippen molar-refractivity contribution in [1.29, 1.82) is 0 Å². The molecule has 0 aromatic heterocycles. The first-order valence-corrected chi connectivity index (χ1v) is 19.4. The molecule has 262 valence electrons. The fourth-order valence-corrected chi connectivity index (χ4v) is 11.6. The van der Waals surface area contributed by atoms with Crippen molar-refractivity contribution in [2.45, 2.75) is 154 Å². The number of rotatable bonds is 7. The normalized spacial score (nSPS) is 43.7. The van der Waals surface area contributed by atoms with Gasteiger partial charge < -0.3 is 9.47 Å². The van der Waals surface area contributed by atoms with Gasteiger partial charge in [-0.1, -0.05) is 20.8 Å². The van der Waals surface area contributed by atoms with Crippen LogP contribution in [-0.4, -0.2) is 83.8 Å². The summed E-state index contributed by atoms with van der Waals surface area (Å²) in [5, 5.41) is 0. The van der Waals surface area contributed by atoms with Gasteiger partial charge in [0, 0.05) is 50.5 Å². The van der Waals surface area contributed by atoms with E-state index in [0.29, 0.717) is 36.4 Å². The van der Waals surface area contributed by atoms with Crippen LogP contribution in [-0.2, 0) is 28.7 Å². The van der Waals surface area contributed by atoms with Crippen LogP contribution in [0.25, 0.3) is 0 Å². The minimum absolute atomic E-state index is 0.0553. The summed E-state index contributed by atoms with van der Waals surface area (Å²) >= 11 is 0. The zero-order valence-electron chi connectivity index (χ0n) is 29.5. The highest BCUT2D eigenvalue weighted by molar-refractivity contribution is 6.05. The summed E-state index contributed by atoms with van der Waals surface area (Å²) in [6.07, 6.45) is 15.4. The third-order valence-corrected chi connectivity index (χ3v) is 14.7. The third-order valence-electron chi connectivity index (χ3n) is 14.7. The maximum absolute atomic E-state index is 13.9. The summed E-state index contributed by atoms with van der Waals surface area (Å²) < 4.78 is 12.1. The van der Waals surface area contributed by atoms with Gasteiger partial charge in [0.05, 0.1) is 24.0 Å². The number of carbonyl (C=O) groups is 4. The highest BCUT2D eigenvalue weighted by Gasteiger charge is 2.54. The lowest BCUT2D eigenvalue weighted by Crippen LogP contribution is -2.48. The molecule has 0 aromatic rings. The Hall–Kier alpha value is -1.64. The predicted octanol–water partition coefficient (Wildman–Crippen LogP) is 5.98. The number of carbonyl (C=O) groups excluding carboxylic acids is 4. The maximum atomic E-state index is 13.9. The van der Waals surface area contributed by atoms with Gasteiger partial charge in [-0.15, -0.1) is 0 Å². The summed E-state index contributed by atoms with van der Waals surface area (Å²) in [5.74, 6) is 1.55. The fourth-order valence-electron chi connectivity index (χ4n) is 11.6. The van der Waals surface area contributed by atoms with Crippen LogP contribution in [0.2, 0.25) is 0 Å². The molecule has 0 N–H and O–H groups in total. The fraction of sp³-hybridized carbons (Fsp3) is 0.897. The van der Waals surface area contributed by atoms with E-state index < -0.39 is 6.10 Å². The molecule has 5 aliphatic carbocycles. The van der Waals surface area contributed by atoms with Crippen molar-refractivity contribution in [3.8, 4) is 0 Å². The van der Waals surface area contributed by atoms with Gasteiger partial charge >= 0.3 is 0 Å². The van der Waals surface area contributed by atoms with Gasteiger partial charge in [-0.05, 0) is 119 Å². The SMILES string of the molecule is COC1CCC(C(C)(C)C2CCC(OC3CC(=O)C4CN(C5CCCC(N6C(=O)C7CCC(C)CC7C6=O)C5)CC4C3=O)CC2)CC1. The van der Waals surface area contributed by atoms with Crippen LogP contribution in [0.5, 0.6) is 0 Å². The lowest BCUT2D eigenvalue weighted by atomic mass is 9.60. The highest BCUT2D eigenvalue weighted by Crippen LogP contribution is 2.49. The first-order valence-electron chi connectivity index (χ1n) is 19.4. The standard InChI is InChI=1S/C39H60N2O6/c1-23-8-17-30-31(18-23)38(45)41(37(30)44)27-7-5-6-26(19-27)40-21-32-33(22-40)36(43)35(20-34(32)42)47-29-15-11-25(12-16-29)39(2,3)24-9-13-28(46-4)14-10-24/h23-33,35H,5-22H2,1-4H3. The third kappa shape index (κ3) is 6.42. The van der Waals surface area contributed by atoms with Gasteiger partial charge in [0.15, 0.2) is 5.78 Å². The number of methoxy groups -OCH3 is 1. The molecule has 8 atom stereocenters. The highest BCUT2D eigenvalue weighted by atomic mass is 16.5. The number of hydrogen-bond donors (Lipinski definition) is 0. The van der Waals surface area contributed by atoms with E-state index in [9.17, 15) is 19.2 Å². The second kappa shape index (κ2) is 13.6. The summed E-state index contributed by atoms with van der Waals surface area (Å²) in [4.78, 5) is 58.2. The quantitative estimate of drug-likeness (QED) is 0.312. The number of hydrogen-bond acceptors (Lipinski definition) is 7. The number of imide groups is 1. The number of nitrogens with zero attached hydrogens (tertiary/aromatic N) is 2. The molecule has 2 saturated heterocycles. The van der Waals surface area contributed by atoms with E-state index >= 15 is 0 Å². The van der Waals surface area contributed by atoms with E-state index in [1.54, 1.807) is 4.90 Å². The van der Waals surface area contributed by atoms with Gasteiger partial charge in [-0.3, -0.25) is 29.0 Å². The number of ether oxygens (including phenoxy) is 2. The van der Waals surface area contributed by atoms with Crippen LogP contribution >= 0.6 is 0 Å². The number of fused-ring (bicyclic) bond motifs is 2. The van der Waals surface area contributed by atoms with E-state index in [-0.39, 0.29) is 71.7 Å². The van der Waals surface area contributed by atoms with Crippen molar-refractivity contribution < 1.29 is 28.7 Å². The summed E-state index contributed by atoms with van der Waals surface area (Å²) in [6, 6.07) is 0.143. The molecule has 8 heteroatoms. The lowest BCUT2D eigenvalue weighted by Gasteiger charge is -2.47. The van der Waals surface area contributed by atoms with Crippen molar-refractivity contribution in [3.05, 3.63) is 0 Å². The maximum Gasteiger partial charge on any atom is 0.233 e. The van der Waals surface area contributed by atoms with Gasteiger partial charge in [-0.25, -0.2) is 0 Å². The van der Waals surface area contributed by atoms with Crippen molar-refractivity contribution >= 4 is 23.4 Å². The number of likely N-dealkylation sites (tertiary alicyclic amines) is 2. The molecule has 8 unspecified atom stereocenters. The second-order valence-electron chi connectivity index (χ2n) is 17.5. The monoisotopic (exact) mass is 652 g/mol. The summed E-state index contributed by atoms with van der Waals surface area (Å²) in [5.41, 5.74) is 0.297. The Labute approximate surface area is 282 Å². The Kier molecular flexibility index (Phi) is 9.78. The summed E-state index contributed by atoms with van der Waals surface area (Å²) in [7, 11) is 1.84. The van der Waals surface area contributed by atoms with Crippen molar-refractivity contribution in [3.63, 3.8) is 0 Å². The molecule has 2 heterocycles. The van der Waals surface area contributed by atoms with Crippen LogP contribution < -0.4 is 0 Å². The largest absolute Gasteiger partial charge is 0.381 e. The van der Waals surface area contributed by atoms with Crippen molar-refractivity contribution in [2.24, 2.45) is 46.8 Å². The second-order valence-corrected chi connectivity index (χ2v) is 17.5. The molecule has 5 saturated carbocycles. The van der Waals surface area contributed by atoms with Gasteiger partial charge in [-0.2, -0.15) is 0 Å². The van der Waals surface area contributed by atoms with Crippen LogP contribution in [0, 0.1) is 46.8 Å². The smallest absolute Gasteiger partial charge is 0.233 e. The molecule has 0 radical (unpaired) electrons. The first-order chi connectivity index (χ1) is 22.5. The molecular weight excluding hydrogens is 592 g/mol. The minimum atomic E-state index is -0.604. The van der Waals surface area contributed by atoms with E-state index in [1.807, 2.05) is 7.11 Å². The first kappa shape index (κ1) is 33.8. The Morgan fingerprint density at radius 3 is 1.96 bits per heavy atom. The molecule has 0 bridgehead atoms. The Morgan fingerprint density at radius 1 is 0.660 bits per heavy atom. The topological polar surface area (TPSA) is 93.2 Å². The van der Waals surface area contributed by atoms with E-state index in [2.05, 4.69) is 25.7 Å². The summed E-state index contributed by atoms with van der Waals surface area (Å²) in [6.45, 7) is 8.35. The number of ketones is 2. The molecule has 7 aliphatic rings. The zero-order chi connectivity index (χ0) is 33.0. The Morgan fingerprint density at radius 2 is 1.28 bits per heavy atom.